The fraction of sp³-hybridized carbons (Fsp3) is 0.200. The molecule has 8 heteroatoms. The Morgan fingerprint density at radius 1 is 1.11 bits per heavy atom. The maximum absolute atomic E-state index is 13.3. The first kappa shape index (κ1) is 19.6. The lowest BCUT2D eigenvalue weighted by molar-refractivity contribution is 0.0954. The summed E-state index contributed by atoms with van der Waals surface area (Å²) in [5, 5.41) is 2.78. The largest absolute Gasteiger partial charge is 0.493 e. The smallest absolute Gasteiger partial charge is 0.308 e. The summed E-state index contributed by atoms with van der Waals surface area (Å²) in [6, 6.07) is 11.4. The molecule has 0 radical (unpaired) electrons. The second kappa shape index (κ2) is 8.71. The van der Waals surface area contributed by atoms with E-state index in [1.54, 1.807) is 38.5 Å². The Morgan fingerprint density at radius 2 is 1.89 bits per heavy atom. The van der Waals surface area contributed by atoms with Gasteiger partial charge < -0.3 is 19.4 Å². The Balaban J connectivity index is 1.67. The summed E-state index contributed by atoms with van der Waals surface area (Å²) in [5.74, 6) is 0.453. The number of aromatic nitrogens is 1. The van der Waals surface area contributed by atoms with Gasteiger partial charge in [0.1, 0.15) is 10.7 Å². The van der Waals surface area contributed by atoms with Gasteiger partial charge in [0, 0.05) is 12.7 Å². The fourth-order valence-corrected chi connectivity index (χ4v) is 3.45. The van der Waals surface area contributed by atoms with Gasteiger partial charge in [-0.25, -0.2) is 4.39 Å². The van der Waals surface area contributed by atoms with Crippen LogP contribution in [-0.2, 0) is 13.1 Å². The number of hydrogen-bond acceptors (Lipinski definition) is 5. The summed E-state index contributed by atoms with van der Waals surface area (Å²) in [7, 11) is 3.09. The number of carbonyl (C=O) groups is 1. The molecule has 0 spiro atoms. The van der Waals surface area contributed by atoms with Gasteiger partial charge >= 0.3 is 4.87 Å². The van der Waals surface area contributed by atoms with Crippen LogP contribution in [0, 0.1) is 5.82 Å². The summed E-state index contributed by atoms with van der Waals surface area (Å²) in [4.78, 5) is 24.6. The first-order valence-corrected chi connectivity index (χ1v) is 9.25. The van der Waals surface area contributed by atoms with Gasteiger partial charge in [0.2, 0.25) is 0 Å². The van der Waals surface area contributed by atoms with Gasteiger partial charge in [-0.1, -0.05) is 29.5 Å². The van der Waals surface area contributed by atoms with Crippen LogP contribution < -0.4 is 19.7 Å². The third-order valence-corrected chi connectivity index (χ3v) is 4.99. The molecule has 0 aliphatic rings. The van der Waals surface area contributed by atoms with Gasteiger partial charge in [0.25, 0.3) is 5.91 Å². The number of rotatable bonds is 7. The van der Waals surface area contributed by atoms with Crippen LogP contribution in [0.5, 0.6) is 11.5 Å². The Labute approximate surface area is 165 Å². The van der Waals surface area contributed by atoms with Crippen molar-refractivity contribution in [2.45, 2.75) is 13.1 Å². The molecule has 1 amide bonds. The van der Waals surface area contributed by atoms with Gasteiger partial charge in [0.05, 0.1) is 20.8 Å². The molecule has 0 saturated heterocycles. The molecule has 1 N–H and O–H groups in total. The number of methoxy groups -OCH3 is 2. The molecule has 0 saturated carbocycles. The second-order valence-electron chi connectivity index (χ2n) is 5.99. The molecule has 0 fully saturated rings. The molecule has 1 aromatic heterocycles. The monoisotopic (exact) mass is 402 g/mol. The molecule has 0 atom stereocenters. The number of benzene rings is 2. The van der Waals surface area contributed by atoms with Crippen molar-refractivity contribution in [1.29, 1.82) is 0 Å². The second-order valence-corrected chi connectivity index (χ2v) is 6.98. The lowest BCUT2D eigenvalue weighted by Crippen LogP contribution is -2.22. The van der Waals surface area contributed by atoms with E-state index in [1.165, 1.54) is 22.9 Å². The summed E-state index contributed by atoms with van der Waals surface area (Å²) < 4.78 is 25.1. The zero-order chi connectivity index (χ0) is 20.1. The van der Waals surface area contributed by atoms with Crippen LogP contribution in [0.1, 0.15) is 20.8 Å². The Kier molecular flexibility index (Phi) is 6.10. The minimum absolute atomic E-state index is 0.204. The topological polar surface area (TPSA) is 69.6 Å². The molecule has 6 nitrogen and oxygen atoms in total. The molecule has 0 unspecified atom stereocenters. The van der Waals surface area contributed by atoms with Crippen LogP contribution >= 0.6 is 11.3 Å². The number of nitrogens with one attached hydrogen (secondary N) is 1. The van der Waals surface area contributed by atoms with E-state index in [4.69, 9.17) is 9.47 Å². The molecule has 146 valence electrons. The zero-order valence-corrected chi connectivity index (χ0v) is 16.2. The van der Waals surface area contributed by atoms with E-state index < -0.39 is 0 Å². The van der Waals surface area contributed by atoms with Gasteiger partial charge in [-0.2, -0.15) is 0 Å². The molecular formula is C20H19FN2O4S. The lowest BCUT2D eigenvalue weighted by atomic mass is 10.2. The lowest BCUT2D eigenvalue weighted by Gasteiger charge is -2.10. The first-order chi connectivity index (χ1) is 13.5. The van der Waals surface area contributed by atoms with E-state index in [0.717, 1.165) is 16.9 Å². The van der Waals surface area contributed by atoms with Crippen molar-refractivity contribution in [3.8, 4) is 11.5 Å². The zero-order valence-electron chi connectivity index (χ0n) is 15.4. The van der Waals surface area contributed by atoms with Crippen molar-refractivity contribution in [2.24, 2.45) is 0 Å². The minimum atomic E-state index is -0.367. The van der Waals surface area contributed by atoms with Gasteiger partial charge in [-0.05, 0) is 35.4 Å². The molecule has 2 aromatic carbocycles. The number of ether oxygens (including phenoxy) is 2. The number of thiazole rings is 1. The summed E-state index contributed by atoms with van der Waals surface area (Å²) in [6.07, 6.45) is 1.49. The molecule has 3 aromatic rings. The van der Waals surface area contributed by atoms with Crippen LogP contribution in [0.15, 0.2) is 53.5 Å². The first-order valence-electron chi connectivity index (χ1n) is 8.44. The average Bonchev–Trinajstić information content (AvgIpc) is 3.06. The molecule has 0 aliphatic heterocycles. The van der Waals surface area contributed by atoms with Crippen LogP contribution in [0.25, 0.3) is 0 Å². The molecule has 1 heterocycles. The summed E-state index contributed by atoms with van der Waals surface area (Å²) in [5.41, 5.74) is 1.48. The highest BCUT2D eigenvalue weighted by Gasteiger charge is 2.13. The van der Waals surface area contributed by atoms with E-state index in [2.05, 4.69) is 5.32 Å². The highest BCUT2D eigenvalue weighted by molar-refractivity contribution is 7.11. The maximum atomic E-state index is 13.3. The normalized spacial score (nSPS) is 10.5. The highest BCUT2D eigenvalue weighted by atomic mass is 32.1. The number of halogens is 1. The number of nitrogens with zero attached hydrogens (tertiary/aromatic N) is 1. The van der Waals surface area contributed by atoms with Gasteiger partial charge in [-0.15, -0.1) is 0 Å². The van der Waals surface area contributed by atoms with E-state index in [9.17, 15) is 14.0 Å². The molecule has 0 bridgehead atoms. The average molecular weight is 402 g/mol. The number of carbonyl (C=O) groups excluding carboxylic acids is 1. The predicted octanol–water partition coefficient (Wildman–Crippen LogP) is 3.04. The molecule has 28 heavy (non-hydrogen) atoms. The third kappa shape index (κ3) is 4.58. The van der Waals surface area contributed by atoms with Crippen molar-refractivity contribution in [3.05, 3.63) is 80.2 Å². The third-order valence-electron chi connectivity index (χ3n) is 4.07. The Morgan fingerprint density at radius 3 is 2.61 bits per heavy atom. The minimum Gasteiger partial charge on any atom is -0.493 e. The Hall–Kier alpha value is -3.13. The van der Waals surface area contributed by atoms with Crippen molar-refractivity contribution in [2.75, 3.05) is 14.2 Å². The molecular weight excluding hydrogens is 383 g/mol. The van der Waals surface area contributed by atoms with Crippen LogP contribution in [-0.4, -0.2) is 24.7 Å². The van der Waals surface area contributed by atoms with Crippen LogP contribution in [0.2, 0.25) is 0 Å². The van der Waals surface area contributed by atoms with Crippen molar-refractivity contribution in [3.63, 3.8) is 0 Å². The van der Waals surface area contributed by atoms with Crippen molar-refractivity contribution < 1.29 is 18.7 Å². The molecule has 3 rings (SSSR count). The van der Waals surface area contributed by atoms with Crippen LogP contribution in [0.3, 0.4) is 0 Å². The van der Waals surface area contributed by atoms with Crippen molar-refractivity contribution in [1.82, 2.24) is 9.88 Å². The van der Waals surface area contributed by atoms with E-state index in [-0.39, 0.29) is 29.7 Å². The van der Waals surface area contributed by atoms with E-state index in [1.807, 2.05) is 6.07 Å². The summed E-state index contributed by atoms with van der Waals surface area (Å²) >= 11 is 0.852. The standard InChI is InChI=1S/C20H19FN2O4S/c1-26-16-7-6-13(9-17(16)27-2)10-22-19(24)18-12-23(20(25)28-18)11-14-4-3-5-15(21)8-14/h3-9,12H,10-11H2,1-2H3,(H,22,24). The number of hydrogen-bond donors (Lipinski definition) is 1. The quantitative estimate of drug-likeness (QED) is 0.660. The van der Waals surface area contributed by atoms with E-state index in [0.29, 0.717) is 21.9 Å². The SMILES string of the molecule is COc1ccc(CNC(=O)c2cn(Cc3cccc(F)c3)c(=O)s2)cc1OC. The summed E-state index contributed by atoms with van der Waals surface area (Å²) in [6.45, 7) is 0.477. The highest BCUT2D eigenvalue weighted by Crippen LogP contribution is 2.27. The molecule has 0 aliphatic carbocycles. The predicted molar refractivity (Wildman–Crippen MR) is 105 cm³/mol. The van der Waals surface area contributed by atoms with Crippen molar-refractivity contribution >= 4 is 17.2 Å². The van der Waals surface area contributed by atoms with Gasteiger partial charge in [-0.3, -0.25) is 9.59 Å². The van der Waals surface area contributed by atoms with Crippen LogP contribution in [0.4, 0.5) is 4.39 Å². The maximum Gasteiger partial charge on any atom is 0.308 e. The number of amides is 1. The Bertz CT molecular complexity index is 1040. The van der Waals surface area contributed by atoms with Gasteiger partial charge in [0.15, 0.2) is 11.5 Å². The fourth-order valence-electron chi connectivity index (χ4n) is 2.68. The van der Waals surface area contributed by atoms with E-state index >= 15 is 0 Å².